The van der Waals surface area contributed by atoms with Crippen molar-refractivity contribution < 1.29 is 22.7 Å². The van der Waals surface area contributed by atoms with Crippen molar-refractivity contribution in [3.05, 3.63) is 58.2 Å². The molecule has 1 amide bonds. The Labute approximate surface area is 186 Å². The van der Waals surface area contributed by atoms with Crippen LogP contribution in [0.15, 0.2) is 35.3 Å². The Balaban J connectivity index is 2.13. The highest BCUT2D eigenvalue weighted by molar-refractivity contribution is 5.98. The Kier molecular flexibility index (Phi) is 6.83. The lowest BCUT2D eigenvalue weighted by Crippen LogP contribution is -2.30. The molecular weight excluding hydrogens is 419 g/mol. The summed E-state index contributed by atoms with van der Waals surface area (Å²) in [7, 11) is 1.90. The van der Waals surface area contributed by atoms with Crippen molar-refractivity contribution in [2.45, 2.75) is 64.8 Å². The first-order valence-electron chi connectivity index (χ1n) is 10.7. The van der Waals surface area contributed by atoms with E-state index in [9.17, 15) is 18.0 Å². The van der Waals surface area contributed by atoms with Gasteiger partial charge in [-0.25, -0.2) is 0 Å². The van der Waals surface area contributed by atoms with E-state index >= 15 is 0 Å². The molecule has 0 unspecified atom stereocenters. The van der Waals surface area contributed by atoms with E-state index in [1.54, 1.807) is 19.1 Å². The standard InChI is InChI=1S/C24H30F3N3O2/c1-6-8-16-10-11-17(24(25,26)27)13-19(16)22(31)28-21-14-20(23(2,3)4)29(5)30(21)15-18-9-7-12-32-18/h6,8,10-11,13-14,18H,7,9,12,15H2,1-5H3/b8-6+,28-21+/t18-/m1/s1. The predicted octanol–water partition coefficient (Wildman–Crippen LogP) is 5.10. The number of hydrogen-bond donors (Lipinski definition) is 0. The lowest BCUT2D eigenvalue weighted by atomic mass is 9.92. The van der Waals surface area contributed by atoms with Crippen LogP contribution in [0.5, 0.6) is 0 Å². The molecule has 0 aliphatic carbocycles. The summed E-state index contributed by atoms with van der Waals surface area (Å²) in [5.74, 6) is -0.712. The number of benzene rings is 1. The molecule has 1 aromatic heterocycles. The molecule has 1 aromatic carbocycles. The first kappa shape index (κ1) is 24.0. The van der Waals surface area contributed by atoms with Gasteiger partial charge < -0.3 is 4.74 Å². The molecule has 0 bridgehead atoms. The fourth-order valence-corrected chi connectivity index (χ4v) is 3.97. The predicted molar refractivity (Wildman–Crippen MR) is 117 cm³/mol. The largest absolute Gasteiger partial charge is 0.416 e. The Hall–Kier alpha value is -2.61. The summed E-state index contributed by atoms with van der Waals surface area (Å²) in [6.07, 6.45) is 0.638. The number of hydrogen-bond acceptors (Lipinski definition) is 2. The van der Waals surface area contributed by atoms with Crippen molar-refractivity contribution in [1.82, 2.24) is 9.36 Å². The monoisotopic (exact) mass is 449 g/mol. The number of nitrogens with zero attached hydrogens (tertiary/aromatic N) is 3. The number of carbonyl (C=O) groups excluding carboxylic acids is 1. The van der Waals surface area contributed by atoms with Crippen LogP contribution in [0.2, 0.25) is 0 Å². The summed E-state index contributed by atoms with van der Waals surface area (Å²) >= 11 is 0. The highest BCUT2D eigenvalue weighted by atomic mass is 19.4. The molecule has 1 aliphatic rings. The van der Waals surface area contributed by atoms with Crippen LogP contribution >= 0.6 is 0 Å². The summed E-state index contributed by atoms with van der Waals surface area (Å²) in [6.45, 7) is 9.13. The van der Waals surface area contributed by atoms with Crippen LogP contribution in [0.3, 0.4) is 0 Å². The van der Waals surface area contributed by atoms with Gasteiger partial charge in [0, 0.05) is 36.4 Å². The fraction of sp³-hybridized carbons (Fsp3) is 0.500. The van der Waals surface area contributed by atoms with Gasteiger partial charge >= 0.3 is 6.18 Å². The van der Waals surface area contributed by atoms with Gasteiger partial charge in [-0.1, -0.05) is 39.0 Å². The molecule has 1 fully saturated rings. The first-order chi connectivity index (χ1) is 14.9. The SMILES string of the molecule is C/C=C/c1ccc(C(F)(F)F)cc1C(=O)/N=c1\cc(C(C)(C)C)n(C)n1C[C@H]1CCCO1. The maximum absolute atomic E-state index is 13.3. The zero-order valence-corrected chi connectivity index (χ0v) is 19.2. The van der Waals surface area contributed by atoms with Crippen molar-refractivity contribution in [2.75, 3.05) is 6.61 Å². The Morgan fingerprint density at radius 1 is 1.25 bits per heavy atom. The Morgan fingerprint density at radius 2 is 1.97 bits per heavy atom. The van der Waals surface area contributed by atoms with E-state index in [2.05, 4.69) is 25.8 Å². The smallest absolute Gasteiger partial charge is 0.376 e. The number of halogens is 3. The van der Waals surface area contributed by atoms with Crippen molar-refractivity contribution in [1.29, 1.82) is 0 Å². The van der Waals surface area contributed by atoms with Crippen LogP contribution in [0.1, 0.15) is 67.7 Å². The molecular formula is C24H30F3N3O2. The number of amides is 1. The van der Waals surface area contributed by atoms with Crippen molar-refractivity contribution in [3.8, 4) is 0 Å². The lowest BCUT2D eigenvalue weighted by molar-refractivity contribution is -0.137. The normalized spacial score (nSPS) is 18.1. The van der Waals surface area contributed by atoms with E-state index in [-0.39, 0.29) is 17.1 Å². The van der Waals surface area contributed by atoms with E-state index in [1.165, 1.54) is 6.07 Å². The highest BCUT2D eigenvalue weighted by Crippen LogP contribution is 2.31. The highest BCUT2D eigenvalue weighted by Gasteiger charge is 2.31. The van der Waals surface area contributed by atoms with Crippen LogP contribution < -0.4 is 5.49 Å². The average molecular weight is 450 g/mol. The maximum atomic E-state index is 13.3. The first-order valence-corrected chi connectivity index (χ1v) is 10.7. The van der Waals surface area contributed by atoms with Crippen LogP contribution in [-0.4, -0.2) is 28.0 Å². The van der Waals surface area contributed by atoms with Crippen LogP contribution in [-0.2, 0) is 29.9 Å². The van der Waals surface area contributed by atoms with Gasteiger partial charge in [-0.05, 0) is 37.5 Å². The van der Waals surface area contributed by atoms with E-state index in [0.717, 1.165) is 30.7 Å². The third kappa shape index (κ3) is 5.23. The second-order valence-corrected chi connectivity index (χ2v) is 9.10. The molecule has 0 spiro atoms. The molecule has 174 valence electrons. The number of aromatic nitrogens is 2. The van der Waals surface area contributed by atoms with E-state index in [0.29, 0.717) is 24.2 Å². The fourth-order valence-electron chi connectivity index (χ4n) is 3.97. The second kappa shape index (κ2) is 9.10. The quantitative estimate of drug-likeness (QED) is 0.652. The van der Waals surface area contributed by atoms with Gasteiger partial charge in [-0.2, -0.15) is 18.2 Å². The van der Waals surface area contributed by atoms with Gasteiger partial charge in [0.25, 0.3) is 5.91 Å². The van der Waals surface area contributed by atoms with E-state index < -0.39 is 17.6 Å². The summed E-state index contributed by atoms with van der Waals surface area (Å²) in [4.78, 5) is 17.4. The summed E-state index contributed by atoms with van der Waals surface area (Å²) in [6, 6.07) is 4.98. The molecule has 1 aliphatic heterocycles. The summed E-state index contributed by atoms with van der Waals surface area (Å²) < 4.78 is 49.4. The van der Waals surface area contributed by atoms with Gasteiger partial charge in [0.2, 0.25) is 0 Å². The molecule has 5 nitrogen and oxygen atoms in total. The summed E-state index contributed by atoms with van der Waals surface area (Å²) in [5.41, 5.74) is 0.590. The molecule has 2 heterocycles. The van der Waals surface area contributed by atoms with Crippen molar-refractivity contribution in [3.63, 3.8) is 0 Å². The van der Waals surface area contributed by atoms with Crippen LogP contribution in [0.4, 0.5) is 13.2 Å². The number of allylic oxidation sites excluding steroid dienone is 1. The van der Waals surface area contributed by atoms with Gasteiger partial charge in [-0.3, -0.25) is 14.2 Å². The van der Waals surface area contributed by atoms with Crippen molar-refractivity contribution >= 4 is 12.0 Å². The summed E-state index contributed by atoms with van der Waals surface area (Å²) in [5, 5.41) is 0. The third-order valence-corrected chi connectivity index (χ3v) is 5.58. The molecule has 1 saturated heterocycles. The number of carbonyl (C=O) groups is 1. The molecule has 32 heavy (non-hydrogen) atoms. The minimum absolute atomic E-state index is 0.0117. The number of ether oxygens (including phenoxy) is 1. The zero-order valence-electron chi connectivity index (χ0n) is 19.2. The Morgan fingerprint density at radius 3 is 2.53 bits per heavy atom. The van der Waals surface area contributed by atoms with Gasteiger partial charge in [-0.15, -0.1) is 0 Å². The Bertz CT molecular complexity index is 1080. The zero-order chi connectivity index (χ0) is 23.7. The molecule has 1 atom stereocenters. The lowest BCUT2D eigenvalue weighted by Gasteiger charge is -2.21. The number of alkyl halides is 3. The average Bonchev–Trinajstić information content (AvgIpc) is 3.31. The maximum Gasteiger partial charge on any atom is 0.416 e. The number of rotatable bonds is 4. The molecule has 8 heteroatoms. The molecule has 2 aromatic rings. The van der Waals surface area contributed by atoms with E-state index in [4.69, 9.17) is 4.74 Å². The minimum Gasteiger partial charge on any atom is -0.376 e. The topological polar surface area (TPSA) is 48.5 Å². The van der Waals surface area contributed by atoms with E-state index in [1.807, 2.05) is 22.5 Å². The second-order valence-electron chi connectivity index (χ2n) is 9.10. The molecule has 0 saturated carbocycles. The van der Waals surface area contributed by atoms with Gasteiger partial charge in [0.15, 0.2) is 5.49 Å². The third-order valence-electron chi connectivity index (χ3n) is 5.58. The van der Waals surface area contributed by atoms with Gasteiger partial charge in [0.05, 0.1) is 18.2 Å². The molecule has 0 radical (unpaired) electrons. The van der Waals surface area contributed by atoms with Gasteiger partial charge in [0.1, 0.15) is 0 Å². The molecule has 0 N–H and O–H groups in total. The van der Waals surface area contributed by atoms with Crippen LogP contribution in [0, 0.1) is 0 Å². The minimum atomic E-state index is -4.55. The van der Waals surface area contributed by atoms with Crippen molar-refractivity contribution in [2.24, 2.45) is 12.0 Å². The molecule has 3 rings (SSSR count). The van der Waals surface area contributed by atoms with Crippen LogP contribution in [0.25, 0.3) is 6.08 Å².